The van der Waals surface area contributed by atoms with Crippen LogP contribution in [0.1, 0.15) is 120 Å². The van der Waals surface area contributed by atoms with Crippen LogP contribution in [0.2, 0.25) is 0 Å². The molecule has 0 bridgehead atoms. The third-order valence-corrected chi connectivity index (χ3v) is 5.82. The van der Waals surface area contributed by atoms with Gasteiger partial charge >= 0.3 is 53.7 Å². The zero-order chi connectivity index (χ0) is 41.9. The maximum Gasteiger partial charge on any atom is 0.306 e. The van der Waals surface area contributed by atoms with Crippen LogP contribution in [0.5, 0.6) is 0 Å². The van der Waals surface area contributed by atoms with Gasteiger partial charge in [-0.15, -0.1) is 0 Å². The predicted octanol–water partition coefficient (Wildman–Crippen LogP) is 3.64. The fourth-order valence-corrected chi connectivity index (χ4v) is 3.22. The summed E-state index contributed by atoms with van der Waals surface area (Å²) in [6.45, 7) is 13.6. The van der Waals surface area contributed by atoms with Gasteiger partial charge < -0.3 is 42.6 Å². The molecule has 0 atom stereocenters. The molecule has 0 amide bonds. The molecule has 0 saturated carbocycles. The van der Waals surface area contributed by atoms with E-state index in [4.69, 9.17) is 33.2 Å². The van der Waals surface area contributed by atoms with E-state index in [2.05, 4.69) is 9.47 Å². The highest BCUT2D eigenvalue weighted by Crippen LogP contribution is 2.04. The van der Waals surface area contributed by atoms with Gasteiger partial charge in [0.1, 0.15) is 39.6 Å². The molecule has 18 heteroatoms. The lowest BCUT2D eigenvalue weighted by molar-refractivity contribution is -0.166. The second kappa shape index (κ2) is 35.3. The molecule has 312 valence electrons. The minimum atomic E-state index is -0.754. The molecule has 0 aliphatic heterocycles. The maximum atomic E-state index is 11.5. The number of carbonyl (C=O) groups excluding carboxylic acids is 9. The molecule has 0 rings (SSSR count). The molecule has 0 aliphatic rings. The summed E-state index contributed by atoms with van der Waals surface area (Å²) in [5.74, 6) is -3.82. The van der Waals surface area contributed by atoms with Gasteiger partial charge in [0.2, 0.25) is 0 Å². The fraction of sp³-hybridized carbons (Fsp3) is 0.750. The molecule has 0 fully saturated rings. The van der Waals surface area contributed by atoms with Crippen LogP contribution in [0.3, 0.4) is 0 Å². The number of carbonyl (C=O) groups is 9. The van der Waals surface area contributed by atoms with Gasteiger partial charge in [-0.2, -0.15) is 0 Å². The van der Waals surface area contributed by atoms with E-state index in [9.17, 15) is 43.2 Å². The smallest absolute Gasteiger partial charge is 0.306 e. The first-order valence-electron chi connectivity index (χ1n) is 17.9. The van der Waals surface area contributed by atoms with Crippen LogP contribution in [0.4, 0.5) is 0 Å². The van der Waals surface area contributed by atoms with E-state index in [0.717, 1.165) is 0 Å². The zero-order valence-electron chi connectivity index (χ0n) is 33.2. The van der Waals surface area contributed by atoms with Crippen molar-refractivity contribution in [3.05, 3.63) is 0 Å². The summed E-state index contributed by atoms with van der Waals surface area (Å²) in [5.41, 5.74) is 0. The van der Waals surface area contributed by atoms with Gasteiger partial charge in [-0.25, -0.2) is 0 Å². The van der Waals surface area contributed by atoms with E-state index in [1.165, 1.54) is 20.8 Å². The van der Waals surface area contributed by atoms with E-state index in [-0.39, 0.29) is 83.2 Å². The number of rotatable bonds is 24. The van der Waals surface area contributed by atoms with Crippen molar-refractivity contribution >= 4 is 53.7 Å². The topological polar surface area (TPSA) is 237 Å². The molecule has 18 nitrogen and oxygen atoms in total. The van der Waals surface area contributed by atoms with Crippen molar-refractivity contribution < 1.29 is 85.8 Å². The molecule has 0 unspecified atom stereocenters. The number of hydrogen-bond acceptors (Lipinski definition) is 18. The van der Waals surface area contributed by atoms with Crippen molar-refractivity contribution in [1.82, 2.24) is 0 Å². The van der Waals surface area contributed by atoms with E-state index in [1.807, 2.05) is 20.8 Å². The summed E-state index contributed by atoms with van der Waals surface area (Å²) in [5, 5.41) is 0. The van der Waals surface area contributed by atoms with Gasteiger partial charge in [0.05, 0.1) is 0 Å². The number of esters is 9. The molecule has 54 heavy (non-hydrogen) atoms. The Balaban J connectivity index is -0.000000733. The molecule has 0 heterocycles. The third kappa shape index (κ3) is 37.0. The first-order valence-corrected chi connectivity index (χ1v) is 17.9. The molecule has 0 aliphatic carbocycles. The molecular formula is C36H60O18. The van der Waals surface area contributed by atoms with Crippen molar-refractivity contribution in [3.63, 3.8) is 0 Å². The average molecular weight is 781 g/mol. The van der Waals surface area contributed by atoms with Gasteiger partial charge in [-0.1, -0.05) is 41.5 Å². The molecular weight excluding hydrogens is 720 g/mol. The van der Waals surface area contributed by atoms with E-state index in [1.54, 1.807) is 20.8 Å². The summed E-state index contributed by atoms with van der Waals surface area (Å²) < 4.78 is 43.9. The van der Waals surface area contributed by atoms with Crippen molar-refractivity contribution in [1.29, 1.82) is 0 Å². The van der Waals surface area contributed by atoms with Crippen molar-refractivity contribution in [2.45, 2.75) is 138 Å². The third-order valence-electron chi connectivity index (χ3n) is 5.82. The Bertz CT molecular complexity index is 1070. The van der Waals surface area contributed by atoms with Crippen LogP contribution in [0, 0.1) is 0 Å². The zero-order valence-corrected chi connectivity index (χ0v) is 33.2. The monoisotopic (exact) mass is 780 g/mol. The molecule has 0 spiro atoms. The summed E-state index contributed by atoms with van der Waals surface area (Å²) >= 11 is 0. The van der Waals surface area contributed by atoms with Crippen molar-refractivity contribution in [2.24, 2.45) is 0 Å². The van der Waals surface area contributed by atoms with E-state index in [0.29, 0.717) is 32.1 Å². The largest absolute Gasteiger partial charge is 0.462 e. The highest BCUT2D eigenvalue weighted by Gasteiger charge is 2.20. The molecule has 0 aromatic heterocycles. The van der Waals surface area contributed by atoms with Crippen LogP contribution in [0.25, 0.3) is 0 Å². The Morgan fingerprint density at radius 3 is 0.907 bits per heavy atom. The van der Waals surface area contributed by atoms with Crippen LogP contribution < -0.4 is 0 Å². The summed E-state index contributed by atoms with van der Waals surface area (Å²) in [7, 11) is 0. The van der Waals surface area contributed by atoms with E-state index >= 15 is 0 Å². The van der Waals surface area contributed by atoms with E-state index < -0.39 is 54.1 Å². The van der Waals surface area contributed by atoms with Gasteiger partial charge in [-0.3, -0.25) is 43.2 Å². The minimum absolute atomic E-state index is 0.0896. The van der Waals surface area contributed by atoms with Crippen LogP contribution >= 0.6 is 0 Å². The number of hydrogen-bond donors (Lipinski definition) is 0. The van der Waals surface area contributed by atoms with Gasteiger partial charge in [0.15, 0.2) is 18.3 Å². The van der Waals surface area contributed by atoms with Gasteiger partial charge in [-0.05, 0) is 19.3 Å². The SMILES string of the molecule is CC(=O)OCC(COC(C)=O)OC(C)=O.CCC(=O)OCC(COC(=O)CC)OC(=O)CC.CCCC(=O)OCC(COC(=O)CCC)OC(=O)CCC. The maximum absolute atomic E-state index is 11.5. The molecule has 0 aromatic carbocycles. The van der Waals surface area contributed by atoms with Crippen molar-refractivity contribution in [2.75, 3.05) is 39.6 Å². The van der Waals surface area contributed by atoms with Crippen LogP contribution in [-0.2, 0) is 85.8 Å². The Hall–Kier alpha value is -4.77. The normalized spacial score (nSPS) is 10.0. The summed E-state index contributed by atoms with van der Waals surface area (Å²) in [6, 6.07) is 0. The first kappa shape index (κ1) is 53.6. The summed E-state index contributed by atoms with van der Waals surface area (Å²) in [4.78, 5) is 98.9. The molecule has 0 N–H and O–H groups in total. The molecule has 0 aromatic rings. The fourth-order valence-electron chi connectivity index (χ4n) is 3.22. The highest BCUT2D eigenvalue weighted by molar-refractivity contribution is 5.72. The first-order chi connectivity index (χ1) is 25.5. The minimum Gasteiger partial charge on any atom is -0.462 e. The Morgan fingerprint density at radius 1 is 0.333 bits per heavy atom. The van der Waals surface area contributed by atoms with Crippen LogP contribution in [0.15, 0.2) is 0 Å². The lowest BCUT2D eigenvalue weighted by Crippen LogP contribution is -2.30. The lowest BCUT2D eigenvalue weighted by Gasteiger charge is -2.18. The molecule has 0 saturated heterocycles. The van der Waals surface area contributed by atoms with Crippen molar-refractivity contribution in [3.8, 4) is 0 Å². The number of ether oxygens (including phenoxy) is 9. The van der Waals surface area contributed by atoms with Gasteiger partial charge in [0, 0.05) is 59.3 Å². The standard InChI is InChI=1S/C15H26O6.C12H20O6.C9H14O6/c1-4-7-13(16)19-10-12(21-15(18)9-6-3)11-20-14(17)8-5-2;1-4-10(13)16-7-9(18-12(15)6-3)8-17-11(14)5-2;1-6(10)13-4-9(15-8(3)12)5-14-7(2)11/h12H,4-11H2,1-3H3;9H,4-8H2,1-3H3;9H,4-5H2,1-3H3. The van der Waals surface area contributed by atoms with Crippen LogP contribution in [-0.4, -0.2) is 112 Å². The summed E-state index contributed by atoms with van der Waals surface area (Å²) in [6.07, 6.45) is 1.38. The predicted molar refractivity (Wildman–Crippen MR) is 188 cm³/mol. The second-order valence-corrected chi connectivity index (χ2v) is 11.1. The lowest BCUT2D eigenvalue weighted by atomic mass is 10.3. The second-order valence-electron chi connectivity index (χ2n) is 11.1. The highest BCUT2D eigenvalue weighted by atomic mass is 16.6. The Labute approximate surface area is 317 Å². The molecule has 0 radical (unpaired) electrons. The Kier molecular flexibility index (Phi) is 35.0. The quantitative estimate of drug-likeness (QED) is 0.100. The van der Waals surface area contributed by atoms with Gasteiger partial charge in [0.25, 0.3) is 0 Å². The average Bonchev–Trinajstić information content (AvgIpc) is 3.11. The Morgan fingerprint density at radius 2 is 0.611 bits per heavy atom.